The van der Waals surface area contributed by atoms with Crippen molar-refractivity contribution in [2.45, 2.75) is 25.3 Å². The van der Waals surface area contributed by atoms with E-state index in [9.17, 15) is 4.79 Å². The number of pyridine rings is 1. The quantitative estimate of drug-likeness (QED) is 0.898. The van der Waals surface area contributed by atoms with Crippen LogP contribution in [0.3, 0.4) is 0 Å². The van der Waals surface area contributed by atoms with Crippen molar-refractivity contribution in [1.82, 2.24) is 20.0 Å². The number of aromatic nitrogens is 2. The van der Waals surface area contributed by atoms with Crippen LogP contribution in [0, 0.1) is 0 Å². The highest BCUT2D eigenvalue weighted by Crippen LogP contribution is 2.06. The number of hydrogen-bond donors (Lipinski definition) is 2. The van der Waals surface area contributed by atoms with Crippen LogP contribution < -0.4 is 10.6 Å². The van der Waals surface area contributed by atoms with E-state index in [4.69, 9.17) is 0 Å². The molecule has 1 saturated heterocycles. The molecule has 7 heteroatoms. The lowest BCUT2D eigenvalue weighted by molar-refractivity contribution is -0.121. The predicted octanol–water partition coefficient (Wildman–Crippen LogP) is 1.59. The van der Waals surface area contributed by atoms with Crippen molar-refractivity contribution in [3.8, 4) is 0 Å². The van der Waals surface area contributed by atoms with Gasteiger partial charge in [-0.05, 0) is 31.5 Å². The van der Waals surface area contributed by atoms with Crippen LogP contribution in [-0.4, -0.2) is 34.4 Å². The SMILES string of the molecule is Cl.Cl.O=C(Cc1cn2ccccc2n1)NC1CCCNC1. The number of amides is 1. The van der Waals surface area contributed by atoms with Gasteiger partial charge in [-0.3, -0.25) is 4.79 Å². The van der Waals surface area contributed by atoms with Crippen LogP contribution in [0.1, 0.15) is 18.5 Å². The fourth-order valence-corrected chi connectivity index (χ4v) is 2.49. The summed E-state index contributed by atoms with van der Waals surface area (Å²) in [4.78, 5) is 16.4. The standard InChI is InChI=1S/C14H18N4O.2ClH/c19-14(17-11-4-3-6-15-9-11)8-12-10-18-7-2-1-5-13(18)16-12;;/h1-2,5,7,10-11,15H,3-4,6,8-9H2,(H,17,19);2*1H. The minimum atomic E-state index is 0. The highest BCUT2D eigenvalue weighted by Gasteiger charge is 2.16. The second kappa shape index (κ2) is 8.22. The molecule has 0 aromatic carbocycles. The molecular formula is C14H20Cl2N4O. The number of carbonyl (C=O) groups excluding carboxylic acids is 1. The molecule has 3 heterocycles. The van der Waals surface area contributed by atoms with Gasteiger partial charge >= 0.3 is 0 Å². The van der Waals surface area contributed by atoms with Gasteiger partial charge in [-0.25, -0.2) is 4.98 Å². The minimum absolute atomic E-state index is 0. The first kappa shape index (κ1) is 17.8. The topological polar surface area (TPSA) is 58.4 Å². The summed E-state index contributed by atoms with van der Waals surface area (Å²) in [6.07, 6.45) is 6.38. The Balaban J connectivity index is 0.00000110. The van der Waals surface area contributed by atoms with Gasteiger partial charge in [0.15, 0.2) is 0 Å². The van der Waals surface area contributed by atoms with Crippen LogP contribution in [-0.2, 0) is 11.2 Å². The Morgan fingerprint density at radius 3 is 3.00 bits per heavy atom. The Hall–Kier alpha value is -1.30. The van der Waals surface area contributed by atoms with E-state index < -0.39 is 0 Å². The van der Waals surface area contributed by atoms with Crippen LogP contribution in [0.2, 0.25) is 0 Å². The molecule has 1 fully saturated rings. The molecule has 0 saturated carbocycles. The number of halogens is 2. The summed E-state index contributed by atoms with van der Waals surface area (Å²) in [7, 11) is 0. The van der Waals surface area contributed by atoms with Crippen LogP contribution in [0.5, 0.6) is 0 Å². The number of hydrogen-bond acceptors (Lipinski definition) is 3. The van der Waals surface area contributed by atoms with E-state index in [0.29, 0.717) is 6.42 Å². The minimum Gasteiger partial charge on any atom is -0.352 e. The average Bonchev–Trinajstić information content (AvgIpc) is 2.81. The molecule has 0 aliphatic carbocycles. The summed E-state index contributed by atoms with van der Waals surface area (Å²) >= 11 is 0. The largest absolute Gasteiger partial charge is 0.352 e. The molecule has 2 N–H and O–H groups in total. The second-order valence-electron chi connectivity index (χ2n) is 4.99. The molecule has 116 valence electrons. The fraction of sp³-hybridized carbons (Fsp3) is 0.429. The smallest absolute Gasteiger partial charge is 0.226 e. The number of nitrogens with zero attached hydrogens (tertiary/aromatic N) is 2. The molecule has 1 aliphatic rings. The van der Waals surface area contributed by atoms with Crippen LogP contribution in [0.25, 0.3) is 5.65 Å². The van der Waals surface area contributed by atoms with Crippen molar-refractivity contribution in [3.63, 3.8) is 0 Å². The zero-order valence-electron chi connectivity index (χ0n) is 11.6. The maximum absolute atomic E-state index is 12.0. The van der Waals surface area contributed by atoms with E-state index in [2.05, 4.69) is 15.6 Å². The summed E-state index contributed by atoms with van der Waals surface area (Å²) in [5.41, 5.74) is 1.69. The van der Waals surface area contributed by atoms with E-state index in [-0.39, 0.29) is 36.8 Å². The second-order valence-corrected chi connectivity index (χ2v) is 4.99. The first-order valence-electron chi connectivity index (χ1n) is 6.74. The third-order valence-electron chi connectivity index (χ3n) is 3.42. The number of nitrogens with one attached hydrogen (secondary N) is 2. The Kier molecular flexibility index (Phi) is 6.95. The van der Waals surface area contributed by atoms with Crippen molar-refractivity contribution < 1.29 is 4.79 Å². The summed E-state index contributed by atoms with van der Waals surface area (Å²) in [6, 6.07) is 6.09. The van der Waals surface area contributed by atoms with Gasteiger partial charge in [0, 0.05) is 25.0 Å². The molecular weight excluding hydrogens is 311 g/mol. The third-order valence-corrected chi connectivity index (χ3v) is 3.42. The summed E-state index contributed by atoms with van der Waals surface area (Å²) < 4.78 is 1.94. The lowest BCUT2D eigenvalue weighted by Crippen LogP contribution is -2.46. The zero-order valence-corrected chi connectivity index (χ0v) is 13.3. The first-order chi connectivity index (χ1) is 9.31. The van der Waals surface area contributed by atoms with E-state index in [0.717, 1.165) is 37.3 Å². The third kappa shape index (κ3) is 4.59. The Morgan fingerprint density at radius 2 is 2.29 bits per heavy atom. The summed E-state index contributed by atoms with van der Waals surface area (Å²) in [5.74, 6) is 0.0529. The van der Waals surface area contributed by atoms with Crippen LogP contribution >= 0.6 is 24.8 Å². The molecule has 5 nitrogen and oxygen atoms in total. The fourth-order valence-electron chi connectivity index (χ4n) is 2.49. The van der Waals surface area contributed by atoms with Crippen molar-refractivity contribution in [3.05, 3.63) is 36.3 Å². The number of piperidine rings is 1. The first-order valence-corrected chi connectivity index (χ1v) is 6.74. The number of imidazole rings is 1. The molecule has 0 radical (unpaired) electrons. The molecule has 21 heavy (non-hydrogen) atoms. The van der Waals surface area contributed by atoms with Gasteiger partial charge in [0.25, 0.3) is 0 Å². The molecule has 0 spiro atoms. The zero-order chi connectivity index (χ0) is 13.1. The summed E-state index contributed by atoms with van der Waals surface area (Å²) in [6.45, 7) is 1.93. The normalized spacial score (nSPS) is 17.6. The van der Waals surface area contributed by atoms with Gasteiger partial charge in [0.05, 0.1) is 12.1 Å². The number of carbonyl (C=O) groups is 1. The van der Waals surface area contributed by atoms with Crippen molar-refractivity contribution in [2.24, 2.45) is 0 Å². The van der Waals surface area contributed by atoms with Crippen molar-refractivity contribution >= 4 is 36.4 Å². The van der Waals surface area contributed by atoms with E-state index >= 15 is 0 Å². The van der Waals surface area contributed by atoms with Gasteiger partial charge < -0.3 is 15.0 Å². The van der Waals surface area contributed by atoms with Gasteiger partial charge in [0.2, 0.25) is 5.91 Å². The lowest BCUT2D eigenvalue weighted by atomic mass is 10.1. The van der Waals surface area contributed by atoms with Gasteiger partial charge in [-0.1, -0.05) is 6.07 Å². The van der Waals surface area contributed by atoms with E-state index in [1.165, 1.54) is 0 Å². The predicted molar refractivity (Wildman–Crippen MR) is 87.4 cm³/mol. The molecule has 1 atom stereocenters. The van der Waals surface area contributed by atoms with Crippen molar-refractivity contribution in [1.29, 1.82) is 0 Å². The van der Waals surface area contributed by atoms with E-state index in [1.54, 1.807) is 0 Å². The molecule has 1 amide bonds. The Labute approximate surface area is 136 Å². The molecule has 3 rings (SSSR count). The number of rotatable bonds is 3. The number of fused-ring (bicyclic) bond motifs is 1. The lowest BCUT2D eigenvalue weighted by Gasteiger charge is -2.23. The highest BCUT2D eigenvalue weighted by molar-refractivity contribution is 5.85. The van der Waals surface area contributed by atoms with E-state index in [1.807, 2.05) is 35.0 Å². The maximum Gasteiger partial charge on any atom is 0.226 e. The summed E-state index contributed by atoms with van der Waals surface area (Å²) in [5, 5.41) is 6.35. The Morgan fingerprint density at radius 1 is 1.43 bits per heavy atom. The highest BCUT2D eigenvalue weighted by atomic mass is 35.5. The van der Waals surface area contributed by atoms with Gasteiger partial charge in [-0.2, -0.15) is 0 Å². The van der Waals surface area contributed by atoms with Gasteiger partial charge in [0.1, 0.15) is 5.65 Å². The van der Waals surface area contributed by atoms with Crippen molar-refractivity contribution in [2.75, 3.05) is 13.1 Å². The van der Waals surface area contributed by atoms with Crippen LogP contribution in [0.4, 0.5) is 0 Å². The molecule has 2 aromatic rings. The molecule has 1 aliphatic heterocycles. The van der Waals surface area contributed by atoms with Crippen LogP contribution in [0.15, 0.2) is 30.6 Å². The molecule has 1 unspecified atom stereocenters. The molecule has 2 aromatic heterocycles. The maximum atomic E-state index is 12.0. The molecule has 0 bridgehead atoms. The monoisotopic (exact) mass is 330 g/mol. The van der Waals surface area contributed by atoms with Gasteiger partial charge in [-0.15, -0.1) is 24.8 Å². The average molecular weight is 331 g/mol. The Bertz CT molecular complexity index is 548.